The summed E-state index contributed by atoms with van der Waals surface area (Å²) >= 11 is 0. The Balaban J connectivity index is 1.49. The summed E-state index contributed by atoms with van der Waals surface area (Å²) in [7, 11) is 0. The number of likely N-dealkylation sites (tertiary alicyclic amines) is 1. The van der Waals surface area contributed by atoms with Gasteiger partial charge in [0.25, 0.3) is 5.91 Å². The smallest absolute Gasteiger partial charge is 0.407 e. The van der Waals surface area contributed by atoms with Crippen LogP contribution in [0.4, 0.5) is 4.79 Å². The van der Waals surface area contributed by atoms with E-state index < -0.39 is 6.09 Å². The fraction of sp³-hybridized carbons (Fsp3) is 0.381. The van der Waals surface area contributed by atoms with E-state index in [1.807, 2.05) is 47.5 Å². The highest BCUT2D eigenvalue weighted by Crippen LogP contribution is 2.33. The minimum absolute atomic E-state index is 0.0593. The lowest BCUT2D eigenvalue weighted by atomic mass is 10.0. The Morgan fingerprint density at radius 1 is 0.963 bits per heavy atom. The average Bonchev–Trinajstić information content (AvgIpc) is 3.54. The van der Waals surface area contributed by atoms with Crippen molar-refractivity contribution >= 4 is 12.0 Å². The summed E-state index contributed by atoms with van der Waals surface area (Å²) in [4.78, 5) is 31.9. The molecule has 2 amide bonds. The summed E-state index contributed by atoms with van der Waals surface area (Å²) in [6.45, 7) is 0.993. The lowest BCUT2D eigenvalue weighted by Crippen LogP contribution is -2.49. The molecule has 6 heteroatoms. The highest BCUT2D eigenvalue weighted by atomic mass is 16.4. The Hall–Kier alpha value is -2.89. The van der Waals surface area contributed by atoms with E-state index in [4.69, 9.17) is 5.11 Å². The molecule has 1 aliphatic heterocycles. The molecule has 0 radical (unpaired) electrons. The fourth-order valence-corrected chi connectivity index (χ4v) is 3.81. The maximum absolute atomic E-state index is 13.2. The Labute approximate surface area is 158 Å². The minimum atomic E-state index is -0.872. The number of carbonyl (C=O) groups is 2. The van der Waals surface area contributed by atoms with E-state index in [1.54, 1.807) is 6.20 Å². The summed E-state index contributed by atoms with van der Waals surface area (Å²) in [5, 5.41) is 9.13. The molecule has 0 bridgehead atoms. The van der Waals surface area contributed by atoms with Crippen LogP contribution in [0.2, 0.25) is 0 Å². The van der Waals surface area contributed by atoms with Crippen molar-refractivity contribution in [2.75, 3.05) is 13.1 Å². The summed E-state index contributed by atoms with van der Waals surface area (Å²) in [5.74, 6) is 0.0593. The van der Waals surface area contributed by atoms with Gasteiger partial charge in [0.2, 0.25) is 0 Å². The molecule has 27 heavy (non-hydrogen) atoms. The first-order valence-electron chi connectivity index (χ1n) is 9.44. The van der Waals surface area contributed by atoms with Crippen molar-refractivity contribution in [2.24, 2.45) is 0 Å². The van der Waals surface area contributed by atoms with Gasteiger partial charge in [-0.25, -0.2) is 4.79 Å². The summed E-state index contributed by atoms with van der Waals surface area (Å²) in [6, 6.07) is 12.0. The van der Waals surface area contributed by atoms with Gasteiger partial charge >= 0.3 is 6.09 Å². The molecule has 4 rings (SSSR count). The topological polar surface area (TPSA) is 73.7 Å². The highest BCUT2D eigenvalue weighted by molar-refractivity contribution is 5.95. The van der Waals surface area contributed by atoms with Crippen LogP contribution in [-0.4, -0.2) is 57.1 Å². The molecular weight excluding hydrogens is 342 g/mol. The molecule has 1 saturated carbocycles. The van der Waals surface area contributed by atoms with E-state index in [0.717, 1.165) is 24.0 Å². The lowest BCUT2D eigenvalue weighted by Gasteiger charge is -2.38. The number of carboxylic acid groups (broad SMARTS) is 1. The van der Waals surface area contributed by atoms with E-state index in [2.05, 4.69) is 4.98 Å². The van der Waals surface area contributed by atoms with E-state index in [9.17, 15) is 9.59 Å². The van der Waals surface area contributed by atoms with Gasteiger partial charge in [-0.05, 0) is 55.0 Å². The van der Waals surface area contributed by atoms with Crippen molar-refractivity contribution in [3.8, 4) is 11.1 Å². The highest BCUT2D eigenvalue weighted by Gasteiger charge is 2.39. The molecule has 1 aromatic carbocycles. The van der Waals surface area contributed by atoms with Crippen molar-refractivity contribution < 1.29 is 14.7 Å². The second-order valence-corrected chi connectivity index (χ2v) is 7.26. The standard InChI is InChI=1S/C21H23N3O3/c25-20(16-5-3-15(4-6-16)17-2-1-11-22-14-17)24(18-7-8-18)19-9-12-23(13-10-19)21(26)27/h1-6,11,14,18-19H,7-10,12-13H2,(H,26,27). The van der Waals surface area contributed by atoms with Crippen LogP contribution in [0.25, 0.3) is 11.1 Å². The van der Waals surface area contributed by atoms with Crippen molar-refractivity contribution in [3.05, 3.63) is 54.4 Å². The fourth-order valence-electron chi connectivity index (χ4n) is 3.81. The second kappa shape index (κ2) is 7.39. The largest absolute Gasteiger partial charge is 0.465 e. The zero-order valence-corrected chi connectivity index (χ0v) is 15.1. The molecule has 1 saturated heterocycles. The van der Waals surface area contributed by atoms with Crippen LogP contribution >= 0.6 is 0 Å². The first-order valence-corrected chi connectivity index (χ1v) is 9.44. The normalized spacial score (nSPS) is 17.6. The maximum atomic E-state index is 13.2. The number of nitrogens with zero attached hydrogens (tertiary/aromatic N) is 3. The van der Waals surface area contributed by atoms with Gasteiger partial charge in [0.1, 0.15) is 0 Å². The molecule has 140 valence electrons. The Morgan fingerprint density at radius 3 is 2.19 bits per heavy atom. The monoisotopic (exact) mass is 365 g/mol. The van der Waals surface area contributed by atoms with Gasteiger partial charge in [-0.2, -0.15) is 0 Å². The summed E-state index contributed by atoms with van der Waals surface area (Å²) < 4.78 is 0. The minimum Gasteiger partial charge on any atom is -0.465 e. The molecule has 0 spiro atoms. The third kappa shape index (κ3) is 3.79. The van der Waals surface area contributed by atoms with Gasteiger partial charge in [-0.3, -0.25) is 9.78 Å². The van der Waals surface area contributed by atoms with Crippen molar-refractivity contribution in [1.29, 1.82) is 0 Å². The maximum Gasteiger partial charge on any atom is 0.407 e. The van der Waals surface area contributed by atoms with Gasteiger partial charge in [-0.15, -0.1) is 0 Å². The first-order chi connectivity index (χ1) is 13.1. The zero-order valence-electron chi connectivity index (χ0n) is 15.1. The molecule has 2 aliphatic rings. The van der Waals surface area contributed by atoms with E-state index in [1.165, 1.54) is 4.90 Å². The van der Waals surface area contributed by atoms with Crippen LogP contribution in [0.15, 0.2) is 48.8 Å². The quantitative estimate of drug-likeness (QED) is 0.900. The molecule has 1 aliphatic carbocycles. The van der Waals surface area contributed by atoms with Gasteiger partial charge in [0.05, 0.1) is 0 Å². The van der Waals surface area contributed by atoms with Crippen LogP contribution in [0.5, 0.6) is 0 Å². The lowest BCUT2D eigenvalue weighted by molar-refractivity contribution is 0.0551. The molecule has 2 heterocycles. The van der Waals surface area contributed by atoms with Gasteiger partial charge < -0.3 is 14.9 Å². The van der Waals surface area contributed by atoms with Crippen LogP contribution in [-0.2, 0) is 0 Å². The summed E-state index contributed by atoms with van der Waals surface area (Å²) in [5.41, 5.74) is 2.75. The van der Waals surface area contributed by atoms with Gasteiger partial charge in [0, 0.05) is 43.1 Å². The number of carbonyl (C=O) groups excluding carboxylic acids is 1. The van der Waals surface area contributed by atoms with Crippen LogP contribution in [0.3, 0.4) is 0 Å². The van der Waals surface area contributed by atoms with E-state index in [0.29, 0.717) is 37.5 Å². The molecule has 2 aromatic rings. The zero-order chi connectivity index (χ0) is 18.8. The Kier molecular flexibility index (Phi) is 4.79. The van der Waals surface area contributed by atoms with Crippen LogP contribution in [0.1, 0.15) is 36.0 Å². The van der Waals surface area contributed by atoms with Gasteiger partial charge in [0.15, 0.2) is 0 Å². The van der Waals surface area contributed by atoms with Crippen LogP contribution < -0.4 is 0 Å². The molecule has 1 aromatic heterocycles. The molecule has 0 unspecified atom stereocenters. The molecule has 2 fully saturated rings. The van der Waals surface area contributed by atoms with E-state index in [-0.39, 0.29) is 11.9 Å². The average molecular weight is 365 g/mol. The number of benzene rings is 1. The number of piperidine rings is 1. The molecular formula is C21H23N3O3. The van der Waals surface area contributed by atoms with Crippen molar-refractivity contribution in [3.63, 3.8) is 0 Å². The molecule has 6 nitrogen and oxygen atoms in total. The van der Waals surface area contributed by atoms with Crippen LogP contribution in [0, 0.1) is 0 Å². The van der Waals surface area contributed by atoms with Crippen molar-refractivity contribution in [2.45, 2.75) is 37.8 Å². The third-order valence-corrected chi connectivity index (χ3v) is 5.43. The molecule has 1 N–H and O–H groups in total. The number of aromatic nitrogens is 1. The third-order valence-electron chi connectivity index (χ3n) is 5.43. The van der Waals surface area contributed by atoms with Gasteiger partial charge in [-0.1, -0.05) is 18.2 Å². The Morgan fingerprint density at radius 2 is 1.63 bits per heavy atom. The number of amides is 2. The predicted molar refractivity (Wildman–Crippen MR) is 101 cm³/mol. The SMILES string of the molecule is O=C(O)N1CCC(N(C(=O)c2ccc(-c3cccnc3)cc2)C2CC2)CC1. The number of hydrogen-bond donors (Lipinski definition) is 1. The molecule has 0 atom stereocenters. The summed E-state index contributed by atoms with van der Waals surface area (Å²) in [6.07, 6.45) is 6.18. The second-order valence-electron chi connectivity index (χ2n) is 7.26. The number of rotatable bonds is 4. The van der Waals surface area contributed by atoms with Crippen molar-refractivity contribution in [1.82, 2.24) is 14.8 Å². The predicted octanol–water partition coefficient (Wildman–Crippen LogP) is 3.50. The first kappa shape index (κ1) is 17.5. The van der Waals surface area contributed by atoms with E-state index >= 15 is 0 Å². The number of pyridine rings is 1. The Bertz CT molecular complexity index is 810. The number of hydrogen-bond acceptors (Lipinski definition) is 3.